The molecule has 7 heteroatoms. The van der Waals surface area contributed by atoms with E-state index < -0.39 is 29.2 Å². The van der Waals surface area contributed by atoms with E-state index in [1.54, 1.807) is 46.4 Å². The number of rotatable bonds is 4. The first kappa shape index (κ1) is 20.3. The molecule has 2 N–H and O–H groups in total. The predicted octanol–water partition coefficient (Wildman–Crippen LogP) is 1.81. The molecule has 1 fully saturated rings. The summed E-state index contributed by atoms with van der Waals surface area (Å²) in [6, 6.07) is -0.629. The third-order valence-electron chi connectivity index (χ3n) is 3.77. The summed E-state index contributed by atoms with van der Waals surface area (Å²) >= 11 is 0. The fourth-order valence-corrected chi connectivity index (χ4v) is 2.44. The molecule has 1 rings (SSSR count). The van der Waals surface area contributed by atoms with Gasteiger partial charge >= 0.3 is 6.09 Å². The number of carbonyl (C=O) groups is 3. The molecule has 0 spiro atoms. The summed E-state index contributed by atoms with van der Waals surface area (Å²) in [6.45, 7) is 11.5. The maximum Gasteiger partial charge on any atom is 0.408 e. The van der Waals surface area contributed by atoms with Crippen molar-refractivity contribution in [2.45, 2.75) is 78.0 Å². The Labute approximate surface area is 144 Å². The van der Waals surface area contributed by atoms with Crippen LogP contribution in [0.5, 0.6) is 0 Å². The molecular weight excluding hydrogens is 310 g/mol. The van der Waals surface area contributed by atoms with Crippen molar-refractivity contribution < 1.29 is 19.1 Å². The monoisotopic (exact) mass is 341 g/mol. The fraction of sp³-hybridized carbons (Fsp3) is 0.824. The summed E-state index contributed by atoms with van der Waals surface area (Å²) in [7, 11) is 0. The van der Waals surface area contributed by atoms with Gasteiger partial charge in [-0.25, -0.2) is 4.79 Å². The minimum Gasteiger partial charge on any atom is -0.444 e. The Morgan fingerprint density at radius 1 is 1.00 bits per heavy atom. The van der Waals surface area contributed by atoms with E-state index in [-0.39, 0.29) is 5.91 Å². The zero-order chi connectivity index (χ0) is 18.5. The van der Waals surface area contributed by atoms with Gasteiger partial charge in [0.05, 0.1) is 0 Å². The highest BCUT2D eigenvalue weighted by Gasteiger charge is 2.34. The van der Waals surface area contributed by atoms with E-state index in [0.29, 0.717) is 0 Å². The summed E-state index contributed by atoms with van der Waals surface area (Å²) in [6.07, 6.45) is 2.46. The van der Waals surface area contributed by atoms with Gasteiger partial charge in [-0.1, -0.05) is 0 Å². The molecule has 1 aliphatic rings. The largest absolute Gasteiger partial charge is 0.444 e. The Kier molecular flexibility index (Phi) is 6.63. The highest BCUT2D eigenvalue weighted by molar-refractivity contribution is 5.93. The lowest BCUT2D eigenvalue weighted by Crippen LogP contribution is -2.59. The van der Waals surface area contributed by atoms with Crippen LogP contribution < -0.4 is 10.6 Å². The molecule has 0 aromatic carbocycles. The quantitative estimate of drug-likeness (QED) is 0.816. The minimum atomic E-state index is -1.18. The Bertz CT molecular complexity index is 477. The van der Waals surface area contributed by atoms with Crippen LogP contribution >= 0.6 is 0 Å². The van der Waals surface area contributed by atoms with Crippen molar-refractivity contribution in [1.82, 2.24) is 15.5 Å². The van der Waals surface area contributed by atoms with Crippen LogP contribution in [-0.4, -0.2) is 53.1 Å². The Balaban J connectivity index is 2.57. The van der Waals surface area contributed by atoms with Crippen molar-refractivity contribution in [3.05, 3.63) is 0 Å². The predicted molar refractivity (Wildman–Crippen MR) is 91.5 cm³/mol. The van der Waals surface area contributed by atoms with Crippen LogP contribution in [0.15, 0.2) is 0 Å². The summed E-state index contributed by atoms with van der Waals surface area (Å²) < 4.78 is 5.17. The summed E-state index contributed by atoms with van der Waals surface area (Å²) in [5, 5.41) is 5.22. The van der Waals surface area contributed by atoms with E-state index in [9.17, 15) is 14.4 Å². The van der Waals surface area contributed by atoms with Crippen LogP contribution in [0.1, 0.15) is 60.8 Å². The van der Waals surface area contributed by atoms with Crippen molar-refractivity contribution in [2.24, 2.45) is 0 Å². The second-order valence-electron chi connectivity index (χ2n) is 7.83. The third-order valence-corrected chi connectivity index (χ3v) is 3.77. The van der Waals surface area contributed by atoms with Gasteiger partial charge in [0.15, 0.2) is 0 Å². The average molecular weight is 341 g/mol. The van der Waals surface area contributed by atoms with Gasteiger partial charge in [-0.15, -0.1) is 0 Å². The second-order valence-corrected chi connectivity index (χ2v) is 7.83. The van der Waals surface area contributed by atoms with Crippen LogP contribution in [0.2, 0.25) is 0 Å². The molecule has 0 unspecified atom stereocenters. The standard InChI is InChI=1S/C17H31N3O4/c1-12(13(21)20-10-8-7-9-11-20)18-14(22)17(5,6)19-15(23)24-16(2,3)4/h12H,7-11H2,1-6H3,(H,18,22)(H,19,23)/t12-/m1/s1. The molecule has 3 amide bonds. The van der Waals surface area contributed by atoms with E-state index in [0.717, 1.165) is 32.4 Å². The van der Waals surface area contributed by atoms with Crippen molar-refractivity contribution in [3.63, 3.8) is 0 Å². The van der Waals surface area contributed by atoms with Crippen LogP contribution in [0, 0.1) is 0 Å². The van der Waals surface area contributed by atoms with Gasteiger partial charge in [-0.05, 0) is 60.8 Å². The number of hydrogen-bond donors (Lipinski definition) is 2. The molecule has 1 aliphatic heterocycles. The average Bonchev–Trinajstić information content (AvgIpc) is 2.44. The van der Waals surface area contributed by atoms with Crippen LogP contribution in [0.4, 0.5) is 4.79 Å². The number of alkyl carbamates (subject to hydrolysis) is 1. The van der Waals surface area contributed by atoms with Crippen LogP contribution in [0.3, 0.4) is 0 Å². The second kappa shape index (κ2) is 7.85. The normalized spacial score (nSPS) is 17.0. The molecule has 24 heavy (non-hydrogen) atoms. The molecule has 0 radical (unpaired) electrons. The topological polar surface area (TPSA) is 87.7 Å². The minimum absolute atomic E-state index is 0.0869. The molecule has 0 bridgehead atoms. The fourth-order valence-electron chi connectivity index (χ4n) is 2.44. The van der Waals surface area contributed by atoms with Gasteiger partial charge in [-0.2, -0.15) is 0 Å². The molecule has 0 aliphatic carbocycles. The molecule has 1 saturated heterocycles. The lowest BCUT2D eigenvalue weighted by Gasteiger charge is -2.32. The molecule has 7 nitrogen and oxygen atoms in total. The first-order chi connectivity index (χ1) is 10.9. The van der Waals surface area contributed by atoms with Crippen molar-refractivity contribution >= 4 is 17.9 Å². The van der Waals surface area contributed by atoms with Gasteiger partial charge < -0.3 is 20.3 Å². The van der Waals surface area contributed by atoms with Gasteiger partial charge in [0.2, 0.25) is 11.8 Å². The zero-order valence-electron chi connectivity index (χ0n) is 15.7. The number of carbonyl (C=O) groups excluding carboxylic acids is 3. The first-order valence-corrected chi connectivity index (χ1v) is 8.53. The maximum atomic E-state index is 12.4. The van der Waals surface area contributed by atoms with Gasteiger partial charge in [0, 0.05) is 13.1 Å². The van der Waals surface area contributed by atoms with E-state index >= 15 is 0 Å². The first-order valence-electron chi connectivity index (χ1n) is 8.53. The molecule has 0 aromatic heterocycles. The molecule has 1 heterocycles. The lowest BCUT2D eigenvalue weighted by molar-refractivity contribution is -0.138. The smallest absolute Gasteiger partial charge is 0.408 e. The van der Waals surface area contributed by atoms with E-state index in [2.05, 4.69) is 10.6 Å². The zero-order valence-corrected chi connectivity index (χ0v) is 15.7. The number of hydrogen-bond acceptors (Lipinski definition) is 4. The number of amides is 3. The van der Waals surface area contributed by atoms with Crippen molar-refractivity contribution in [1.29, 1.82) is 0 Å². The summed E-state index contributed by atoms with van der Waals surface area (Å²) in [4.78, 5) is 38.4. The number of likely N-dealkylation sites (tertiary alicyclic amines) is 1. The van der Waals surface area contributed by atoms with Crippen LogP contribution in [-0.2, 0) is 14.3 Å². The summed E-state index contributed by atoms with van der Waals surface area (Å²) in [5.74, 6) is -0.512. The highest BCUT2D eigenvalue weighted by atomic mass is 16.6. The Hall–Kier alpha value is -1.79. The number of piperidine rings is 1. The molecular formula is C17H31N3O4. The number of nitrogens with one attached hydrogen (secondary N) is 2. The number of nitrogens with zero attached hydrogens (tertiary/aromatic N) is 1. The Morgan fingerprint density at radius 2 is 1.54 bits per heavy atom. The van der Waals surface area contributed by atoms with Gasteiger partial charge in [-0.3, -0.25) is 9.59 Å². The van der Waals surface area contributed by atoms with Gasteiger partial charge in [0.1, 0.15) is 17.2 Å². The van der Waals surface area contributed by atoms with E-state index in [4.69, 9.17) is 4.74 Å². The third kappa shape index (κ3) is 6.37. The SMILES string of the molecule is C[C@@H](NC(=O)C(C)(C)NC(=O)OC(C)(C)C)C(=O)N1CCCCC1. The molecule has 1 atom stereocenters. The van der Waals surface area contributed by atoms with Crippen LogP contribution in [0.25, 0.3) is 0 Å². The molecule has 0 saturated carbocycles. The van der Waals surface area contributed by atoms with Crippen molar-refractivity contribution in [2.75, 3.05) is 13.1 Å². The van der Waals surface area contributed by atoms with Gasteiger partial charge in [0.25, 0.3) is 0 Å². The molecule has 138 valence electrons. The molecule has 0 aromatic rings. The summed E-state index contributed by atoms with van der Waals surface area (Å²) in [5.41, 5.74) is -1.83. The van der Waals surface area contributed by atoms with E-state index in [1.165, 1.54) is 0 Å². The highest BCUT2D eigenvalue weighted by Crippen LogP contribution is 2.12. The maximum absolute atomic E-state index is 12.4. The lowest BCUT2D eigenvalue weighted by atomic mass is 10.0. The van der Waals surface area contributed by atoms with E-state index in [1.807, 2.05) is 0 Å². The Morgan fingerprint density at radius 3 is 2.04 bits per heavy atom. The van der Waals surface area contributed by atoms with Crippen molar-refractivity contribution in [3.8, 4) is 0 Å². The number of ether oxygens (including phenoxy) is 1.